The second kappa shape index (κ2) is 7.04. The van der Waals surface area contributed by atoms with Gasteiger partial charge in [-0.3, -0.25) is 4.79 Å². The Balaban J connectivity index is 1.47. The Morgan fingerprint density at radius 3 is 2.88 bits per heavy atom. The van der Waals surface area contributed by atoms with Gasteiger partial charge in [0, 0.05) is 35.7 Å². The topological polar surface area (TPSA) is 25.2 Å². The molecule has 128 valence electrons. The highest BCUT2D eigenvalue weighted by Gasteiger charge is 2.29. The Labute approximate surface area is 156 Å². The smallest absolute Gasteiger partial charge is 0.224 e. The van der Waals surface area contributed by atoms with Gasteiger partial charge in [-0.05, 0) is 48.1 Å². The number of aryl methyl sites for hydroxylation is 1. The molecule has 4 rings (SSSR count). The minimum atomic E-state index is 0.214. The molecule has 3 nitrogen and oxygen atoms in total. The molecule has 1 aliphatic heterocycles. The lowest BCUT2D eigenvalue weighted by Crippen LogP contribution is -2.31. The van der Waals surface area contributed by atoms with Gasteiger partial charge in [0.2, 0.25) is 5.91 Å². The van der Waals surface area contributed by atoms with Gasteiger partial charge < -0.3 is 9.47 Å². The summed E-state index contributed by atoms with van der Waals surface area (Å²) in [6.07, 6.45) is 4.75. The van der Waals surface area contributed by atoms with Crippen molar-refractivity contribution in [1.82, 2.24) is 9.47 Å². The van der Waals surface area contributed by atoms with Gasteiger partial charge in [-0.2, -0.15) is 0 Å². The van der Waals surface area contributed by atoms with Crippen molar-refractivity contribution < 1.29 is 4.79 Å². The summed E-state index contributed by atoms with van der Waals surface area (Å²) < 4.78 is 3.25. The molecular weight excluding hydrogens is 376 g/mol. The standard InChI is InChI=1S/C21H21BrN2O/c22-18-7-3-6-17(15-18)20-9-4-12-24(20)21(25)11-14-23-13-10-16-5-1-2-8-19(16)23/h1-3,5-8,10,13,15,20H,4,9,11-12,14H2/t20-/m1/s1. The van der Waals surface area contributed by atoms with Crippen LogP contribution in [0.3, 0.4) is 0 Å². The van der Waals surface area contributed by atoms with Crippen LogP contribution in [0, 0.1) is 0 Å². The highest BCUT2D eigenvalue weighted by atomic mass is 79.9. The maximum Gasteiger partial charge on any atom is 0.224 e. The van der Waals surface area contributed by atoms with Crippen LogP contribution >= 0.6 is 15.9 Å². The van der Waals surface area contributed by atoms with Crippen LogP contribution in [0.4, 0.5) is 0 Å². The maximum absolute atomic E-state index is 12.8. The van der Waals surface area contributed by atoms with Crippen LogP contribution in [0.5, 0.6) is 0 Å². The van der Waals surface area contributed by atoms with Gasteiger partial charge in [0.05, 0.1) is 6.04 Å². The van der Waals surface area contributed by atoms with E-state index in [0.29, 0.717) is 6.42 Å². The van der Waals surface area contributed by atoms with Gasteiger partial charge >= 0.3 is 0 Å². The van der Waals surface area contributed by atoms with Crippen LogP contribution < -0.4 is 0 Å². The Bertz CT molecular complexity index is 902. The summed E-state index contributed by atoms with van der Waals surface area (Å²) in [5, 5.41) is 1.23. The number of halogens is 1. The third kappa shape index (κ3) is 3.36. The van der Waals surface area contributed by atoms with E-state index in [4.69, 9.17) is 0 Å². The maximum atomic E-state index is 12.8. The van der Waals surface area contributed by atoms with Crippen molar-refractivity contribution in [3.63, 3.8) is 0 Å². The fourth-order valence-corrected chi connectivity index (χ4v) is 4.24. The van der Waals surface area contributed by atoms with E-state index in [1.54, 1.807) is 0 Å². The van der Waals surface area contributed by atoms with E-state index in [-0.39, 0.29) is 11.9 Å². The number of likely N-dealkylation sites (tertiary alicyclic amines) is 1. The van der Waals surface area contributed by atoms with E-state index >= 15 is 0 Å². The molecule has 1 fully saturated rings. The lowest BCUT2D eigenvalue weighted by molar-refractivity contribution is -0.132. The Kier molecular flexibility index (Phi) is 4.62. The molecule has 1 saturated heterocycles. The first-order valence-electron chi connectivity index (χ1n) is 8.81. The van der Waals surface area contributed by atoms with Gasteiger partial charge in [-0.1, -0.05) is 46.3 Å². The normalized spacial score (nSPS) is 17.3. The van der Waals surface area contributed by atoms with Crippen LogP contribution in [0.2, 0.25) is 0 Å². The molecular formula is C21H21BrN2O. The molecule has 2 heterocycles. The van der Waals surface area contributed by atoms with Crippen molar-refractivity contribution >= 4 is 32.7 Å². The SMILES string of the molecule is O=C(CCn1ccc2ccccc21)N1CCC[C@@H]1c1cccc(Br)c1. The first-order chi connectivity index (χ1) is 12.2. The van der Waals surface area contributed by atoms with Crippen LogP contribution in [0.25, 0.3) is 10.9 Å². The quantitative estimate of drug-likeness (QED) is 0.597. The van der Waals surface area contributed by atoms with E-state index < -0.39 is 0 Å². The lowest BCUT2D eigenvalue weighted by atomic mass is 10.0. The van der Waals surface area contributed by atoms with Crippen LogP contribution in [-0.4, -0.2) is 21.9 Å². The average molecular weight is 397 g/mol. The van der Waals surface area contributed by atoms with Crippen molar-refractivity contribution in [3.05, 3.63) is 70.8 Å². The second-order valence-electron chi connectivity index (χ2n) is 6.62. The molecule has 0 spiro atoms. The van der Waals surface area contributed by atoms with Gasteiger partial charge in [0.15, 0.2) is 0 Å². The fourth-order valence-electron chi connectivity index (χ4n) is 3.82. The molecule has 4 heteroatoms. The number of carbonyl (C=O) groups excluding carboxylic acids is 1. The van der Waals surface area contributed by atoms with E-state index in [9.17, 15) is 4.79 Å². The van der Waals surface area contributed by atoms with E-state index in [1.165, 1.54) is 16.5 Å². The number of aromatic nitrogens is 1. The monoisotopic (exact) mass is 396 g/mol. The fraction of sp³-hybridized carbons (Fsp3) is 0.286. The second-order valence-corrected chi connectivity index (χ2v) is 7.53. The first-order valence-corrected chi connectivity index (χ1v) is 9.60. The van der Waals surface area contributed by atoms with Gasteiger partial charge in [0.1, 0.15) is 0 Å². The van der Waals surface area contributed by atoms with E-state index in [0.717, 1.165) is 30.4 Å². The number of hydrogen-bond acceptors (Lipinski definition) is 1. The summed E-state index contributed by atoms with van der Waals surface area (Å²) in [6, 6.07) is 19.0. The molecule has 2 aromatic carbocycles. The number of para-hydroxylation sites is 1. The van der Waals surface area contributed by atoms with Crippen LogP contribution in [0.1, 0.15) is 30.9 Å². The van der Waals surface area contributed by atoms with E-state index in [2.05, 4.69) is 61.9 Å². The molecule has 0 saturated carbocycles. The molecule has 1 aliphatic rings. The van der Waals surface area contributed by atoms with Crippen molar-refractivity contribution in [1.29, 1.82) is 0 Å². The zero-order valence-corrected chi connectivity index (χ0v) is 15.7. The molecule has 3 aromatic rings. The molecule has 0 aliphatic carbocycles. The van der Waals surface area contributed by atoms with Crippen molar-refractivity contribution in [3.8, 4) is 0 Å². The van der Waals surface area contributed by atoms with Crippen LogP contribution in [0.15, 0.2) is 65.3 Å². The summed E-state index contributed by atoms with van der Waals surface area (Å²) in [5.74, 6) is 0.250. The summed E-state index contributed by atoms with van der Waals surface area (Å²) >= 11 is 3.54. The van der Waals surface area contributed by atoms with Crippen molar-refractivity contribution in [2.24, 2.45) is 0 Å². The Morgan fingerprint density at radius 1 is 1.12 bits per heavy atom. The molecule has 0 radical (unpaired) electrons. The number of amides is 1. The predicted molar refractivity (Wildman–Crippen MR) is 104 cm³/mol. The third-order valence-corrected chi connectivity index (χ3v) is 5.55. The largest absolute Gasteiger partial charge is 0.347 e. The number of nitrogens with zero attached hydrogens (tertiary/aromatic N) is 2. The number of benzene rings is 2. The molecule has 1 aromatic heterocycles. The van der Waals surface area contributed by atoms with Gasteiger partial charge in [-0.25, -0.2) is 0 Å². The molecule has 25 heavy (non-hydrogen) atoms. The Hall–Kier alpha value is -2.07. The minimum Gasteiger partial charge on any atom is -0.347 e. The van der Waals surface area contributed by atoms with Gasteiger partial charge in [-0.15, -0.1) is 0 Å². The molecule has 0 N–H and O–H groups in total. The average Bonchev–Trinajstić information content (AvgIpc) is 3.27. The summed E-state index contributed by atoms with van der Waals surface area (Å²) in [6.45, 7) is 1.59. The first kappa shape index (κ1) is 16.4. The van der Waals surface area contributed by atoms with Crippen LogP contribution in [-0.2, 0) is 11.3 Å². The number of rotatable bonds is 4. The summed E-state index contributed by atoms with van der Waals surface area (Å²) in [4.78, 5) is 14.9. The highest BCUT2D eigenvalue weighted by Crippen LogP contribution is 2.33. The van der Waals surface area contributed by atoms with E-state index in [1.807, 2.05) is 24.3 Å². The molecule has 1 amide bonds. The number of fused-ring (bicyclic) bond motifs is 1. The molecule has 0 unspecified atom stereocenters. The number of hydrogen-bond donors (Lipinski definition) is 0. The summed E-state index contributed by atoms with van der Waals surface area (Å²) in [5.41, 5.74) is 2.42. The minimum absolute atomic E-state index is 0.214. The van der Waals surface area contributed by atoms with Gasteiger partial charge in [0.25, 0.3) is 0 Å². The predicted octanol–water partition coefficient (Wildman–Crippen LogP) is 5.16. The zero-order chi connectivity index (χ0) is 17.2. The van der Waals surface area contributed by atoms with Crippen molar-refractivity contribution in [2.45, 2.75) is 31.8 Å². The summed E-state index contributed by atoms with van der Waals surface area (Å²) in [7, 11) is 0. The third-order valence-electron chi connectivity index (χ3n) is 5.05. The lowest BCUT2D eigenvalue weighted by Gasteiger charge is -2.25. The van der Waals surface area contributed by atoms with Crippen molar-refractivity contribution in [2.75, 3.05) is 6.54 Å². The Morgan fingerprint density at radius 2 is 2.00 bits per heavy atom. The number of carbonyl (C=O) groups is 1. The zero-order valence-electron chi connectivity index (χ0n) is 14.1. The molecule has 1 atom stereocenters. The molecule has 0 bridgehead atoms. The highest BCUT2D eigenvalue weighted by molar-refractivity contribution is 9.10.